The molecule has 0 aliphatic carbocycles. The maximum Gasteiger partial charge on any atom is 0.250 e. The molecule has 1 aromatic heterocycles. The average Bonchev–Trinajstić information content (AvgIpc) is 3.02. The minimum atomic E-state index is -1.94. The summed E-state index contributed by atoms with van der Waals surface area (Å²) in [6.45, 7) is 18.0. The zero-order valence-electron chi connectivity index (χ0n) is 17.4. The van der Waals surface area contributed by atoms with Crippen molar-refractivity contribution >= 4 is 14.6 Å². The van der Waals surface area contributed by atoms with Crippen molar-refractivity contribution in [1.29, 1.82) is 0 Å². The predicted molar refractivity (Wildman–Crippen MR) is 111 cm³/mol. The number of benzene rings is 1. The summed E-state index contributed by atoms with van der Waals surface area (Å²) in [4.78, 5) is 10.9. The van der Waals surface area contributed by atoms with Crippen LogP contribution < -0.4 is 4.43 Å². The van der Waals surface area contributed by atoms with Crippen molar-refractivity contribution in [3.63, 3.8) is 0 Å². The molecular weight excluding hydrogens is 340 g/mol. The maximum absolute atomic E-state index is 10.9. The Morgan fingerprint density at radius 1 is 1.08 bits per heavy atom. The lowest BCUT2D eigenvalue weighted by molar-refractivity contribution is 0.110. The Hall–Kier alpha value is -1.81. The van der Waals surface area contributed by atoms with Gasteiger partial charge in [0.15, 0.2) is 12.0 Å². The molecule has 26 heavy (non-hydrogen) atoms. The van der Waals surface area contributed by atoms with E-state index in [1.807, 2.05) is 12.1 Å². The smallest absolute Gasteiger partial charge is 0.250 e. The summed E-state index contributed by atoms with van der Waals surface area (Å²) in [6, 6.07) is 9.78. The van der Waals surface area contributed by atoms with Crippen molar-refractivity contribution in [3.05, 3.63) is 41.7 Å². The van der Waals surface area contributed by atoms with Crippen molar-refractivity contribution in [2.24, 2.45) is 0 Å². The van der Waals surface area contributed by atoms with Gasteiger partial charge in [0, 0.05) is 5.56 Å². The molecule has 0 fully saturated rings. The first-order valence-electron chi connectivity index (χ1n) is 9.30. The number of carbonyl (C=O) groups is 1. The molecule has 0 saturated heterocycles. The largest absolute Gasteiger partial charge is 0.543 e. The Kier molecular flexibility index (Phi) is 5.57. The van der Waals surface area contributed by atoms with Crippen LogP contribution in [-0.4, -0.2) is 14.6 Å². The minimum absolute atomic E-state index is 0.0201. The van der Waals surface area contributed by atoms with Gasteiger partial charge < -0.3 is 8.84 Å². The monoisotopic (exact) mass is 372 g/mol. The van der Waals surface area contributed by atoms with Gasteiger partial charge in [-0.25, -0.2) is 0 Å². The first-order valence-corrected chi connectivity index (χ1v) is 12.2. The van der Waals surface area contributed by atoms with Gasteiger partial charge in [0.05, 0.1) is 0 Å². The number of aldehydes is 1. The van der Waals surface area contributed by atoms with E-state index in [1.54, 1.807) is 6.07 Å². The third-order valence-corrected chi connectivity index (χ3v) is 10.1. The molecule has 3 nitrogen and oxygen atoms in total. The highest BCUT2D eigenvalue weighted by atomic mass is 28.4. The highest BCUT2D eigenvalue weighted by Crippen LogP contribution is 2.42. The minimum Gasteiger partial charge on any atom is -0.543 e. The van der Waals surface area contributed by atoms with E-state index in [2.05, 4.69) is 66.8 Å². The summed E-state index contributed by atoms with van der Waals surface area (Å²) in [5, 5.41) is 0.138. The van der Waals surface area contributed by atoms with Crippen LogP contribution in [0.25, 0.3) is 11.3 Å². The van der Waals surface area contributed by atoms with Crippen LogP contribution in [0.4, 0.5) is 0 Å². The fourth-order valence-corrected chi connectivity index (χ4v) is 3.52. The lowest BCUT2D eigenvalue weighted by Gasteiger charge is -2.38. The van der Waals surface area contributed by atoms with Crippen LogP contribution in [0.2, 0.25) is 18.1 Å². The zero-order valence-corrected chi connectivity index (χ0v) is 18.4. The first kappa shape index (κ1) is 20.5. The molecule has 1 aromatic carbocycles. The molecule has 0 aliphatic rings. The Bertz CT molecular complexity index is 779. The molecule has 0 saturated carbocycles. The zero-order chi connectivity index (χ0) is 19.8. The second kappa shape index (κ2) is 7.07. The lowest BCUT2D eigenvalue weighted by atomic mass is 9.81. The molecule has 4 heteroatoms. The van der Waals surface area contributed by atoms with Crippen molar-refractivity contribution in [2.45, 2.75) is 71.5 Å². The van der Waals surface area contributed by atoms with Gasteiger partial charge in [-0.05, 0) is 65.9 Å². The second-order valence-corrected chi connectivity index (χ2v) is 13.9. The van der Waals surface area contributed by atoms with Crippen LogP contribution >= 0.6 is 0 Å². The summed E-state index contributed by atoms with van der Waals surface area (Å²) in [5.74, 6) is 2.02. The predicted octanol–water partition coefficient (Wildman–Crippen LogP) is 6.83. The van der Waals surface area contributed by atoms with Crippen LogP contribution in [0.3, 0.4) is 0 Å². The molecule has 0 radical (unpaired) electrons. The van der Waals surface area contributed by atoms with E-state index in [9.17, 15) is 4.79 Å². The summed E-state index contributed by atoms with van der Waals surface area (Å²) in [5.41, 5.74) is 2.14. The SMILES string of the molecule is CCC(C)(C)c1cc(-c2ccc(C=O)o2)ccc1O[Si](C)(C)C(C)(C)C. The Morgan fingerprint density at radius 2 is 1.73 bits per heavy atom. The molecule has 142 valence electrons. The number of rotatable bonds is 6. The van der Waals surface area contributed by atoms with E-state index in [-0.39, 0.29) is 10.5 Å². The van der Waals surface area contributed by atoms with Crippen LogP contribution in [0, 0.1) is 0 Å². The normalized spacial score (nSPS) is 12.9. The Morgan fingerprint density at radius 3 is 2.23 bits per heavy atom. The van der Waals surface area contributed by atoms with Crippen molar-refractivity contribution < 1.29 is 13.6 Å². The van der Waals surface area contributed by atoms with Crippen LogP contribution in [0.1, 0.15) is 64.1 Å². The number of hydrogen-bond donors (Lipinski definition) is 0. The lowest BCUT2D eigenvalue weighted by Crippen LogP contribution is -2.44. The summed E-state index contributed by atoms with van der Waals surface area (Å²) < 4.78 is 12.3. The van der Waals surface area contributed by atoms with Crippen molar-refractivity contribution in [2.75, 3.05) is 0 Å². The first-order chi connectivity index (χ1) is 11.9. The molecule has 0 bridgehead atoms. The van der Waals surface area contributed by atoms with E-state index in [0.29, 0.717) is 11.5 Å². The Balaban J connectivity index is 2.54. The fourth-order valence-electron chi connectivity index (χ4n) is 2.49. The molecule has 0 N–H and O–H groups in total. The van der Waals surface area contributed by atoms with Gasteiger partial charge >= 0.3 is 0 Å². The average molecular weight is 373 g/mol. The van der Waals surface area contributed by atoms with E-state index < -0.39 is 8.32 Å². The van der Waals surface area contributed by atoms with Crippen molar-refractivity contribution in [1.82, 2.24) is 0 Å². The highest BCUT2D eigenvalue weighted by Gasteiger charge is 2.40. The third-order valence-electron chi connectivity index (χ3n) is 5.79. The fraction of sp³-hybridized carbons (Fsp3) is 0.500. The summed E-state index contributed by atoms with van der Waals surface area (Å²) in [6.07, 6.45) is 1.73. The number of carbonyl (C=O) groups excluding carboxylic acids is 1. The molecule has 2 aromatic rings. The van der Waals surface area contributed by atoms with Crippen molar-refractivity contribution in [3.8, 4) is 17.1 Å². The van der Waals surface area contributed by atoms with Gasteiger partial charge in [0.1, 0.15) is 11.5 Å². The van der Waals surface area contributed by atoms with Gasteiger partial charge in [0.2, 0.25) is 8.32 Å². The summed E-state index contributed by atoms with van der Waals surface area (Å²) in [7, 11) is -1.94. The summed E-state index contributed by atoms with van der Waals surface area (Å²) >= 11 is 0. The van der Waals surface area contributed by atoms with E-state index >= 15 is 0 Å². The molecule has 1 heterocycles. The van der Waals surface area contributed by atoms with Crippen LogP contribution in [-0.2, 0) is 5.41 Å². The maximum atomic E-state index is 10.9. The van der Waals surface area contributed by atoms with Crippen LogP contribution in [0.5, 0.6) is 5.75 Å². The van der Waals surface area contributed by atoms with Gasteiger partial charge in [0.25, 0.3) is 0 Å². The highest BCUT2D eigenvalue weighted by molar-refractivity contribution is 6.74. The Labute approximate surface area is 158 Å². The number of furan rings is 1. The van der Waals surface area contributed by atoms with Gasteiger partial charge in [-0.1, -0.05) is 41.5 Å². The van der Waals surface area contributed by atoms with Crippen LogP contribution in [0.15, 0.2) is 34.7 Å². The molecule has 0 spiro atoms. The standard InChI is InChI=1S/C22H32O3Si/c1-9-22(5,6)18-14-16(19-13-11-17(15-23)24-19)10-12-20(18)25-26(7,8)21(2,3)4/h10-15H,9H2,1-8H3. The quantitative estimate of drug-likeness (QED) is 0.412. The third kappa shape index (κ3) is 4.12. The molecule has 2 rings (SSSR count). The van der Waals surface area contributed by atoms with E-state index in [0.717, 1.165) is 24.0 Å². The second-order valence-electron chi connectivity index (χ2n) is 9.13. The molecule has 0 atom stereocenters. The van der Waals surface area contributed by atoms with E-state index in [4.69, 9.17) is 8.84 Å². The van der Waals surface area contributed by atoms with Gasteiger partial charge in [-0.15, -0.1) is 0 Å². The molecule has 0 unspecified atom stereocenters. The topological polar surface area (TPSA) is 39.4 Å². The molecule has 0 aliphatic heterocycles. The number of hydrogen-bond acceptors (Lipinski definition) is 3. The molecular formula is C22H32O3Si. The van der Waals surface area contributed by atoms with E-state index in [1.165, 1.54) is 5.56 Å². The van der Waals surface area contributed by atoms with Gasteiger partial charge in [-0.2, -0.15) is 0 Å². The molecule has 0 amide bonds. The van der Waals surface area contributed by atoms with Gasteiger partial charge in [-0.3, -0.25) is 4.79 Å².